The lowest BCUT2D eigenvalue weighted by Crippen LogP contribution is -2.34. The average molecular weight is 290 g/mol. The van der Waals surface area contributed by atoms with E-state index in [-0.39, 0.29) is 18.1 Å². The van der Waals surface area contributed by atoms with Crippen LogP contribution >= 0.6 is 0 Å². The molecule has 1 N–H and O–H groups in total. The van der Waals surface area contributed by atoms with Gasteiger partial charge in [0.05, 0.1) is 12.6 Å². The lowest BCUT2D eigenvalue weighted by molar-refractivity contribution is -0.130. The summed E-state index contributed by atoms with van der Waals surface area (Å²) >= 11 is 0. The van der Waals surface area contributed by atoms with Crippen LogP contribution in [-0.2, 0) is 4.79 Å². The molecule has 21 heavy (non-hydrogen) atoms. The SMILES string of the molecule is CCOc1ccc(C2NC(C)C(=O)N2CC(C)CC)cc1. The number of carbonyl (C=O) groups excluding carboxylic acids is 1. The van der Waals surface area contributed by atoms with Gasteiger partial charge in [-0.1, -0.05) is 32.4 Å². The Morgan fingerprint density at radius 1 is 1.29 bits per heavy atom. The monoisotopic (exact) mass is 290 g/mol. The third kappa shape index (κ3) is 3.56. The van der Waals surface area contributed by atoms with E-state index in [0.29, 0.717) is 12.5 Å². The van der Waals surface area contributed by atoms with Crippen LogP contribution in [0.4, 0.5) is 0 Å². The Morgan fingerprint density at radius 2 is 1.95 bits per heavy atom. The van der Waals surface area contributed by atoms with Crippen LogP contribution in [0, 0.1) is 5.92 Å². The lowest BCUT2D eigenvalue weighted by atomic mass is 10.1. The van der Waals surface area contributed by atoms with Gasteiger partial charge < -0.3 is 9.64 Å². The zero-order valence-electron chi connectivity index (χ0n) is 13.4. The second kappa shape index (κ2) is 6.94. The van der Waals surface area contributed by atoms with E-state index in [2.05, 4.69) is 19.2 Å². The van der Waals surface area contributed by atoms with Crippen LogP contribution in [0.5, 0.6) is 5.75 Å². The van der Waals surface area contributed by atoms with E-state index in [9.17, 15) is 4.79 Å². The Balaban J connectivity index is 2.17. The van der Waals surface area contributed by atoms with E-state index in [1.807, 2.05) is 43.0 Å². The first kappa shape index (κ1) is 15.8. The van der Waals surface area contributed by atoms with Gasteiger partial charge in [-0.15, -0.1) is 0 Å². The van der Waals surface area contributed by atoms with Crippen LogP contribution < -0.4 is 10.1 Å². The number of amides is 1. The van der Waals surface area contributed by atoms with Crippen molar-refractivity contribution in [2.45, 2.75) is 46.3 Å². The Hall–Kier alpha value is -1.55. The number of nitrogens with zero attached hydrogens (tertiary/aromatic N) is 1. The molecule has 0 bridgehead atoms. The van der Waals surface area contributed by atoms with Gasteiger partial charge in [0, 0.05) is 6.54 Å². The second-order valence-corrected chi connectivity index (χ2v) is 5.80. The molecule has 0 radical (unpaired) electrons. The minimum atomic E-state index is -0.120. The molecule has 3 unspecified atom stereocenters. The van der Waals surface area contributed by atoms with Crippen molar-refractivity contribution in [3.63, 3.8) is 0 Å². The zero-order valence-corrected chi connectivity index (χ0v) is 13.4. The van der Waals surface area contributed by atoms with Gasteiger partial charge in [0.2, 0.25) is 5.91 Å². The fourth-order valence-electron chi connectivity index (χ4n) is 2.62. The van der Waals surface area contributed by atoms with Gasteiger partial charge in [-0.25, -0.2) is 0 Å². The summed E-state index contributed by atoms with van der Waals surface area (Å²) in [5.74, 6) is 1.56. The molecule has 1 amide bonds. The number of rotatable bonds is 6. The van der Waals surface area contributed by atoms with Crippen molar-refractivity contribution < 1.29 is 9.53 Å². The number of carbonyl (C=O) groups is 1. The normalized spacial score (nSPS) is 23.4. The van der Waals surface area contributed by atoms with Gasteiger partial charge in [0.25, 0.3) is 0 Å². The molecule has 1 saturated heterocycles. The molecule has 0 aliphatic carbocycles. The summed E-state index contributed by atoms with van der Waals surface area (Å²) < 4.78 is 5.47. The highest BCUT2D eigenvalue weighted by atomic mass is 16.5. The molecule has 0 aromatic heterocycles. The van der Waals surface area contributed by atoms with Crippen molar-refractivity contribution in [3.05, 3.63) is 29.8 Å². The molecule has 1 aromatic rings. The summed E-state index contributed by atoms with van der Waals surface area (Å²) in [7, 11) is 0. The van der Waals surface area contributed by atoms with Crippen LogP contribution in [0.1, 0.15) is 45.8 Å². The maximum atomic E-state index is 12.3. The summed E-state index contributed by atoms with van der Waals surface area (Å²) in [4.78, 5) is 14.3. The van der Waals surface area contributed by atoms with Crippen LogP contribution in [-0.4, -0.2) is 30.0 Å². The largest absolute Gasteiger partial charge is 0.494 e. The van der Waals surface area contributed by atoms with E-state index in [1.165, 1.54) is 0 Å². The molecule has 1 fully saturated rings. The molecule has 1 heterocycles. The van der Waals surface area contributed by atoms with Crippen molar-refractivity contribution in [2.75, 3.05) is 13.2 Å². The van der Waals surface area contributed by atoms with E-state index in [0.717, 1.165) is 24.3 Å². The van der Waals surface area contributed by atoms with Crippen LogP contribution in [0.2, 0.25) is 0 Å². The Labute approximate surface area is 127 Å². The number of hydrogen-bond acceptors (Lipinski definition) is 3. The van der Waals surface area contributed by atoms with Crippen molar-refractivity contribution in [1.82, 2.24) is 10.2 Å². The molecule has 0 saturated carbocycles. The number of benzene rings is 1. The fraction of sp³-hybridized carbons (Fsp3) is 0.588. The molecule has 116 valence electrons. The topological polar surface area (TPSA) is 41.6 Å². The summed E-state index contributed by atoms with van der Waals surface area (Å²) in [6.45, 7) is 9.71. The molecular formula is C17H26N2O2. The lowest BCUT2D eigenvalue weighted by Gasteiger charge is -2.27. The average Bonchev–Trinajstić information content (AvgIpc) is 2.76. The number of ether oxygens (including phenoxy) is 1. The first-order chi connectivity index (χ1) is 10.1. The predicted octanol–water partition coefficient (Wildman–Crippen LogP) is 2.95. The molecule has 0 spiro atoms. The van der Waals surface area contributed by atoms with Gasteiger partial charge >= 0.3 is 0 Å². The maximum Gasteiger partial charge on any atom is 0.241 e. The smallest absolute Gasteiger partial charge is 0.241 e. The van der Waals surface area contributed by atoms with Crippen LogP contribution in [0.15, 0.2) is 24.3 Å². The van der Waals surface area contributed by atoms with Crippen molar-refractivity contribution in [1.29, 1.82) is 0 Å². The molecule has 1 aliphatic heterocycles. The van der Waals surface area contributed by atoms with E-state index >= 15 is 0 Å². The van der Waals surface area contributed by atoms with E-state index in [1.54, 1.807) is 0 Å². The maximum absolute atomic E-state index is 12.3. The third-order valence-electron chi connectivity index (χ3n) is 4.09. The molecule has 3 atom stereocenters. The fourth-order valence-corrected chi connectivity index (χ4v) is 2.62. The highest BCUT2D eigenvalue weighted by Gasteiger charge is 2.37. The van der Waals surface area contributed by atoms with Gasteiger partial charge in [0.1, 0.15) is 11.9 Å². The van der Waals surface area contributed by atoms with Gasteiger partial charge in [-0.05, 0) is 37.5 Å². The molecule has 4 nitrogen and oxygen atoms in total. The second-order valence-electron chi connectivity index (χ2n) is 5.80. The quantitative estimate of drug-likeness (QED) is 0.876. The molecule has 1 aliphatic rings. The van der Waals surface area contributed by atoms with Crippen molar-refractivity contribution >= 4 is 5.91 Å². The number of hydrogen-bond donors (Lipinski definition) is 1. The standard InChI is InChI=1S/C17H26N2O2/c1-5-12(3)11-19-16(18-13(4)17(19)20)14-7-9-15(10-8-14)21-6-2/h7-10,12-13,16,18H,5-6,11H2,1-4H3. The first-order valence-corrected chi connectivity index (χ1v) is 7.86. The Bertz CT molecular complexity index is 472. The first-order valence-electron chi connectivity index (χ1n) is 7.86. The van der Waals surface area contributed by atoms with Crippen molar-refractivity contribution in [3.8, 4) is 5.75 Å². The third-order valence-corrected chi connectivity index (χ3v) is 4.09. The minimum Gasteiger partial charge on any atom is -0.494 e. The number of nitrogens with one attached hydrogen (secondary N) is 1. The summed E-state index contributed by atoms with van der Waals surface area (Å²) in [6, 6.07) is 7.89. The van der Waals surface area contributed by atoms with Crippen LogP contribution in [0.25, 0.3) is 0 Å². The van der Waals surface area contributed by atoms with Crippen LogP contribution in [0.3, 0.4) is 0 Å². The van der Waals surface area contributed by atoms with Crippen molar-refractivity contribution in [2.24, 2.45) is 5.92 Å². The summed E-state index contributed by atoms with van der Waals surface area (Å²) in [6.07, 6.45) is 1.05. The molecular weight excluding hydrogens is 264 g/mol. The van der Waals surface area contributed by atoms with E-state index in [4.69, 9.17) is 4.74 Å². The van der Waals surface area contributed by atoms with Gasteiger partial charge in [-0.3, -0.25) is 10.1 Å². The molecule has 1 aromatic carbocycles. The van der Waals surface area contributed by atoms with Gasteiger partial charge in [0.15, 0.2) is 0 Å². The highest BCUT2D eigenvalue weighted by Crippen LogP contribution is 2.28. The molecule has 2 rings (SSSR count). The Morgan fingerprint density at radius 3 is 2.52 bits per heavy atom. The predicted molar refractivity (Wildman–Crippen MR) is 84.1 cm³/mol. The summed E-state index contributed by atoms with van der Waals surface area (Å²) in [5.41, 5.74) is 1.11. The summed E-state index contributed by atoms with van der Waals surface area (Å²) in [5, 5.41) is 3.39. The minimum absolute atomic E-state index is 0.0304. The zero-order chi connectivity index (χ0) is 15.4. The molecule has 4 heteroatoms. The highest BCUT2D eigenvalue weighted by molar-refractivity contribution is 5.84. The van der Waals surface area contributed by atoms with E-state index < -0.39 is 0 Å². The van der Waals surface area contributed by atoms with Gasteiger partial charge in [-0.2, -0.15) is 0 Å². The Kier molecular flexibility index (Phi) is 5.23.